The minimum Gasteiger partial charge on any atom is -0.378 e. The van der Waals surface area contributed by atoms with Crippen LogP contribution in [0.15, 0.2) is 30.3 Å². The first-order valence-corrected chi connectivity index (χ1v) is 4.96. The Balaban J connectivity index is 2.18. The number of nitrogens with one attached hydrogen (secondary N) is 1. The van der Waals surface area contributed by atoms with Crippen LogP contribution in [0.25, 0.3) is 0 Å². The summed E-state index contributed by atoms with van der Waals surface area (Å²) in [4.78, 5) is 0. The lowest BCUT2D eigenvalue weighted by Crippen LogP contribution is -2.50. The van der Waals surface area contributed by atoms with Gasteiger partial charge in [-0.25, -0.2) is 0 Å². The van der Waals surface area contributed by atoms with E-state index in [1.165, 1.54) is 12.1 Å². The lowest BCUT2D eigenvalue weighted by molar-refractivity contribution is -0.0861. The Hall–Kier alpha value is -1.00. The van der Waals surface area contributed by atoms with Gasteiger partial charge in [0.1, 0.15) is 0 Å². The van der Waals surface area contributed by atoms with Crippen molar-refractivity contribution in [3.05, 3.63) is 35.9 Å². The van der Waals surface area contributed by atoms with E-state index in [1.807, 2.05) is 0 Å². The van der Waals surface area contributed by atoms with Crippen LogP contribution in [0.3, 0.4) is 0 Å². The zero-order valence-corrected chi connectivity index (χ0v) is 8.25. The summed E-state index contributed by atoms with van der Waals surface area (Å²) in [5.41, 5.74) is 0.0352. The van der Waals surface area contributed by atoms with Gasteiger partial charge in [-0.1, -0.05) is 30.3 Å². The average molecular weight is 213 g/mol. The summed E-state index contributed by atoms with van der Waals surface area (Å²) in [6, 6.07) is 6.92. The molecule has 1 aromatic carbocycles. The molecule has 0 bridgehead atoms. The molecule has 2 rings (SSSR count). The maximum atomic E-state index is 13.9. The van der Waals surface area contributed by atoms with Gasteiger partial charge < -0.3 is 10.1 Å². The van der Waals surface area contributed by atoms with Crippen LogP contribution in [0.1, 0.15) is 5.56 Å². The summed E-state index contributed by atoms with van der Waals surface area (Å²) in [5, 5.41) is 2.78. The maximum Gasteiger partial charge on any atom is 0.290 e. The SMILES string of the molecule is FC(F)(c1ccccc1)C1COCCN1. The third-order valence-electron chi connectivity index (χ3n) is 2.52. The van der Waals surface area contributed by atoms with Gasteiger partial charge in [-0.05, 0) is 0 Å². The van der Waals surface area contributed by atoms with Gasteiger partial charge in [-0.15, -0.1) is 0 Å². The molecule has 1 saturated heterocycles. The molecule has 1 aliphatic heterocycles. The van der Waals surface area contributed by atoms with Crippen molar-refractivity contribution in [2.24, 2.45) is 0 Å². The Morgan fingerprint density at radius 3 is 2.60 bits per heavy atom. The van der Waals surface area contributed by atoms with Crippen LogP contribution in [0.5, 0.6) is 0 Å². The smallest absolute Gasteiger partial charge is 0.290 e. The summed E-state index contributed by atoms with van der Waals surface area (Å²) in [7, 11) is 0. The summed E-state index contributed by atoms with van der Waals surface area (Å²) in [5.74, 6) is -2.87. The number of alkyl halides is 2. The number of halogens is 2. The number of rotatable bonds is 2. The topological polar surface area (TPSA) is 21.3 Å². The van der Waals surface area contributed by atoms with Crippen molar-refractivity contribution in [2.75, 3.05) is 19.8 Å². The average Bonchev–Trinajstić information content (AvgIpc) is 2.31. The number of morpholine rings is 1. The molecule has 1 aromatic rings. The van der Waals surface area contributed by atoms with Gasteiger partial charge in [-0.3, -0.25) is 0 Å². The van der Waals surface area contributed by atoms with Gasteiger partial charge in [0.2, 0.25) is 0 Å². The highest BCUT2D eigenvalue weighted by atomic mass is 19.3. The lowest BCUT2D eigenvalue weighted by Gasteiger charge is -2.31. The van der Waals surface area contributed by atoms with Crippen LogP contribution in [-0.2, 0) is 10.7 Å². The van der Waals surface area contributed by atoms with Gasteiger partial charge in [0.05, 0.1) is 19.3 Å². The highest BCUT2D eigenvalue weighted by Crippen LogP contribution is 2.32. The van der Waals surface area contributed by atoms with E-state index < -0.39 is 12.0 Å². The van der Waals surface area contributed by atoms with Gasteiger partial charge in [-0.2, -0.15) is 8.78 Å². The molecule has 0 radical (unpaired) electrons. The van der Waals surface area contributed by atoms with Crippen molar-refractivity contribution in [3.8, 4) is 0 Å². The van der Waals surface area contributed by atoms with Crippen molar-refractivity contribution in [1.82, 2.24) is 5.32 Å². The van der Waals surface area contributed by atoms with E-state index in [1.54, 1.807) is 18.2 Å². The molecule has 0 aliphatic carbocycles. The predicted octanol–water partition coefficient (Wildman–Crippen LogP) is 1.77. The van der Waals surface area contributed by atoms with Crippen molar-refractivity contribution in [2.45, 2.75) is 12.0 Å². The molecule has 4 heteroatoms. The molecule has 1 fully saturated rings. The van der Waals surface area contributed by atoms with Crippen LogP contribution in [-0.4, -0.2) is 25.8 Å². The molecule has 0 saturated carbocycles. The molecule has 1 heterocycles. The van der Waals surface area contributed by atoms with Crippen molar-refractivity contribution >= 4 is 0 Å². The van der Waals surface area contributed by atoms with Crippen LogP contribution >= 0.6 is 0 Å². The minimum atomic E-state index is -2.87. The third-order valence-corrected chi connectivity index (χ3v) is 2.52. The molecule has 0 amide bonds. The molecule has 0 aromatic heterocycles. The molecular formula is C11H13F2NO. The highest BCUT2D eigenvalue weighted by Gasteiger charge is 2.42. The van der Waals surface area contributed by atoms with Crippen molar-refractivity contribution in [3.63, 3.8) is 0 Å². The summed E-state index contributed by atoms with van der Waals surface area (Å²) in [6.45, 7) is 1.04. The van der Waals surface area contributed by atoms with Gasteiger partial charge in [0.15, 0.2) is 0 Å². The number of hydrogen-bond acceptors (Lipinski definition) is 2. The fourth-order valence-corrected chi connectivity index (χ4v) is 1.66. The predicted molar refractivity (Wildman–Crippen MR) is 52.9 cm³/mol. The molecular weight excluding hydrogens is 200 g/mol. The third kappa shape index (κ3) is 2.16. The van der Waals surface area contributed by atoms with Crippen LogP contribution in [0.4, 0.5) is 8.78 Å². The van der Waals surface area contributed by atoms with E-state index in [2.05, 4.69) is 5.32 Å². The second kappa shape index (κ2) is 4.24. The van der Waals surface area contributed by atoms with E-state index in [4.69, 9.17) is 4.74 Å². The summed E-state index contributed by atoms with van der Waals surface area (Å²) < 4.78 is 32.8. The molecule has 1 aliphatic rings. The Labute approximate surface area is 87.2 Å². The van der Waals surface area contributed by atoms with E-state index in [-0.39, 0.29) is 12.2 Å². The fourth-order valence-electron chi connectivity index (χ4n) is 1.66. The molecule has 1 unspecified atom stereocenters. The quantitative estimate of drug-likeness (QED) is 0.808. The summed E-state index contributed by atoms with van der Waals surface area (Å²) in [6.07, 6.45) is 0. The Morgan fingerprint density at radius 2 is 2.00 bits per heavy atom. The molecule has 0 spiro atoms. The number of benzene rings is 1. The monoisotopic (exact) mass is 213 g/mol. The minimum absolute atomic E-state index is 0.0352. The van der Waals surface area contributed by atoms with Crippen LogP contribution in [0, 0.1) is 0 Å². The lowest BCUT2D eigenvalue weighted by atomic mass is 10.0. The number of hydrogen-bond donors (Lipinski definition) is 1. The van der Waals surface area contributed by atoms with Gasteiger partial charge >= 0.3 is 0 Å². The Bertz CT molecular complexity index is 310. The van der Waals surface area contributed by atoms with Crippen molar-refractivity contribution in [1.29, 1.82) is 0 Å². The molecule has 82 valence electrons. The Kier molecular flexibility index (Phi) is 2.98. The van der Waals surface area contributed by atoms with E-state index >= 15 is 0 Å². The molecule has 2 nitrogen and oxygen atoms in total. The van der Waals surface area contributed by atoms with E-state index in [0.717, 1.165) is 0 Å². The molecule has 1 N–H and O–H groups in total. The fraction of sp³-hybridized carbons (Fsp3) is 0.455. The second-order valence-corrected chi connectivity index (χ2v) is 3.57. The zero-order valence-electron chi connectivity index (χ0n) is 8.25. The van der Waals surface area contributed by atoms with Crippen LogP contribution < -0.4 is 5.32 Å². The van der Waals surface area contributed by atoms with Crippen molar-refractivity contribution < 1.29 is 13.5 Å². The van der Waals surface area contributed by atoms with Gasteiger partial charge in [0.25, 0.3) is 5.92 Å². The normalized spacial score (nSPS) is 22.7. The van der Waals surface area contributed by atoms with E-state index in [0.29, 0.717) is 13.2 Å². The van der Waals surface area contributed by atoms with Gasteiger partial charge in [0, 0.05) is 12.1 Å². The first-order chi connectivity index (χ1) is 7.21. The first kappa shape index (κ1) is 10.5. The zero-order chi connectivity index (χ0) is 10.7. The molecule has 1 atom stereocenters. The van der Waals surface area contributed by atoms with E-state index in [9.17, 15) is 8.78 Å². The van der Waals surface area contributed by atoms with Crippen LogP contribution in [0.2, 0.25) is 0 Å². The first-order valence-electron chi connectivity index (χ1n) is 4.96. The second-order valence-electron chi connectivity index (χ2n) is 3.57. The standard InChI is InChI=1S/C11H13F2NO/c12-11(13,9-4-2-1-3-5-9)10-8-15-7-6-14-10/h1-5,10,14H,6-8H2. The highest BCUT2D eigenvalue weighted by molar-refractivity contribution is 5.22. The summed E-state index contributed by atoms with van der Waals surface area (Å²) >= 11 is 0. The maximum absolute atomic E-state index is 13.9. The number of ether oxygens (including phenoxy) is 1. The molecule has 15 heavy (non-hydrogen) atoms. The largest absolute Gasteiger partial charge is 0.378 e. The Morgan fingerprint density at radius 1 is 1.27 bits per heavy atom.